The van der Waals surface area contributed by atoms with Gasteiger partial charge in [-0.15, -0.1) is 0 Å². The van der Waals surface area contributed by atoms with Gasteiger partial charge in [0.15, 0.2) is 6.29 Å². The number of hydrogen-bond acceptors (Lipinski definition) is 3. The Labute approximate surface area is 125 Å². The van der Waals surface area contributed by atoms with Crippen molar-refractivity contribution < 1.29 is 9.47 Å². The van der Waals surface area contributed by atoms with Crippen LogP contribution in [0.2, 0.25) is 0 Å². The number of hydrogen-bond donors (Lipinski definition) is 1. The Morgan fingerprint density at radius 1 is 1.17 bits per heavy atom. The van der Waals surface area contributed by atoms with Crippen LogP contribution in [-0.4, -0.2) is 26.0 Å². The van der Waals surface area contributed by atoms with Crippen LogP contribution in [0.3, 0.4) is 0 Å². The fraction of sp³-hybridized carbons (Fsp3) is 0.538. The largest absolute Gasteiger partial charge is 0.384 e. The molecule has 0 amide bonds. The Hall–Kier alpha value is -0.100. The Kier molecular flexibility index (Phi) is 7.90. The second-order valence-corrected chi connectivity index (χ2v) is 5.45. The van der Waals surface area contributed by atoms with Crippen molar-refractivity contribution in [3.8, 4) is 0 Å². The maximum absolute atomic E-state index is 5.49. The fourth-order valence-corrected chi connectivity index (χ4v) is 2.29. The lowest BCUT2D eigenvalue weighted by atomic mass is 10.3. The highest BCUT2D eigenvalue weighted by Gasteiger charge is 2.07. The van der Waals surface area contributed by atoms with Crippen molar-refractivity contribution in [1.29, 1.82) is 0 Å². The normalized spacial score (nSPS) is 10.9. The smallest absolute Gasteiger partial charge is 0.159 e. The van der Waals surface area contributed by atoms with Crippen molar-refractivity contribution in [2.45, 2.75) is 26.6 Å². The van der Waals surface area contributed by atoms with Gasteiger partial charge in [0, 0.05) is 40.8 Å². The number of rotatable bonds is 8. The third-order valence-electron chi connectivity index (χ3n) is 2.33. The SMILES string of the molecule is CCOC(CCNc1cc(Br)ccc1Br)OCC. The van der Waals surface area contributed by atoms with Gasteiger partial charge in [0.25, 0.3) is 0 Å². The molecule has 0 aliphatic heterocycles. The van der Waals surface area contributed by atoms with Crippen LogP contribution in [0.25, 0.3) is 0 Å². The molecule has 0 radical (unpaired) electrons. The molecule has 5 heteroatoms. The van der Waals surface area contributed by atoms with Gasteiger partial charge in [-0.3, -0.25) is 0 Å². The van der Waals surface area contributed by atoms with E-state index < -0.39 is 0 Å². The summed E-state index contributed by atoms with van der Waals surface area (Å²) in [5.74, 6) is 0. The average molecular weight is 381 g/mol. The Morgan fingerprint density at radius 2 is 1.83 bits per heavy atom. The van der Waals surface area contributed by atoms with Crippen molar-refractivity contribution >= 4 is 37.5 Å². The quantitative estimate of drug-likeness (QED) is 0.677. The molecule has 0 heterocycles. The van der Waals surface area contributed by atoms with Crippen LogP contribution in [0.1, 0.15) is 20.3 Å². The van der Waals surface area contributed by atoms with Crippen molar-refractivity contribution in [2.75, 3.05) is 25.1 Å². The Bertz CT molecular complexity index is 355. The maximum atomic E-state index is 5.49. The summed E-state index contributed by atoms with van der Waals surface area (Å²) in [6.07, 6.45) is 0.694. The molecule has 0 fully saturated rings. The zero-order valence-corrected chi connectivity index (χ0v) is 13.9. The first-order chi connectivity index (χ1) is 8.67. The van der Waals surface area contributed by atoms with Crippen LogP contribution >= 0.6 is 31.9 Å². The molecule has 0 unspecified atom stereocenters. The molecule has 1 aromatic carbocycles. The minimum absolute atomic E-state index is 0.126. The number of benzene rings is 1. The summed E-state index contributed by atoms with van der Waals surface area (Å²) in [6.45, 7) is 6.10. The molecule has 0 aromatic heterocycles. The lowest BCUT2D eigenvalue weighted by molar-refractivity contribution is -0.137. The molecular weight excluding hydrogens is 362 g/mol. The summed E-state index contributed by atoms with van der Waals surface area (Å²) in [6, 6.07) is 6.05. The van der Waals surface area contributed by atoms with Crippen LogP contribution in [0.15, 0.2) is 27.1 Å². The van der Waals surface area contributed by atoms with Crippen molar-refractivity contribution in [2.24, 2.45) is 0 Å². The van der Waals surface area contributed by atoms with E-state index in [0.29, 0.717) is 13.2 Å². The van der Waals surface area contributed by atoms with Gasteiger partial charge in [-0.2, -0.15) is 0 Å². The maximum Gasteiger partial charge on any atom is 0.159 e. The number of nitrogens with one attached hydrogen (secondary N) is 1. The zero-order chi connectivity index (χ0) is 13.4. The van der Waals surface area contributed by atoms with E-state index in [2.05, 4.69) is 37.2 Å². The molecule has 0 spiro atoms. The standard InChI is InChI=1S/C13H19Br2NO2/c1-3-17-13(18-4-2)7-8-16-12-9-10(14)5-6-11(12)15/h5-6,9,13,16H,3-4,7-8H2,1-2H3. The minimum Gasteiger partial charge on any atom is -0.384 e. The second-order valence-electron chi connectivity index (χ2n) is 3.68. The molecule has 18 heavy (non-hydrogen) atoms. The zero-order valence-electron chi connectivity index (χ0n) is 10.7. The first-order valence-corrected chi connectivity index (χ1v) is 7.68. The molecular formula is C13H19Br2NO2. The summed E-state index contributed by atoms with van der Waals surface area (Å²) in [5, 5.41) is 3.36. The molecule has 1 aromatic rings. The van der Waals surface area contributed by atoms with E-state index in [-0.39, 0.29) is 6.29 Å². The summed E-state index contributed by atoms with van der Waals surface area (Å²) in [5.41, 5.74) is 1.07. The molecule has 0 saturated carbocycles. The molecule has 0 bridgehead atoms. The van der Waals surface area contributed by atoms with Crippen LogP contribution in [0.4, 0.5) is 5.69 Å². The van der Waals surface area contributed by atoms with Gasteiger partial charge in [0.2, 0.25) is 0 Å². The highest BCUT2D eigenvalue weighted by Crippen LogP contribution is 2.26. The summed E-state index contributed by atoms with van der Waals surface area (Å²) in [7, 11) is 0. The molecule has 0 saturated heterocycles. The van der Waals surface area contributed by atoms with Gasteiger partial charge in [0.1, 0.15) is 0 Å². The molecule has 1 N–H and O–H groups in total. The van der Waals surface area contributed by atoms with Crippen molar-refractivity contribution in [1.82, 2.24) is 0 Å². The molecule has 1 rings (SSSR count). The summed E-state index contributed by atoms with van der Waals surface area (Å²) >= 11 is 6.97. The predicted octanol–water partition coefficient (Wildman–Crippen LogP) is 4.41. The molecule has 102 valence electrons. The molecule has 0 atom stereocenters. The van der Waals surface area contributed by atoms with Gasteiger partial charge < -0.3 is 14.8 Å². The van der Waals surface area contributed by atoms with Gasteiger partial charge in [0.05, 0.1) is 0 Å². The van der Waals surface area contributed by atoms with Crippen LogP contribution in [0.5, 0.6) is 0 Å². The van der Waals surface area contributed by atoms with Crippen LogP contribution in [0, 0.1) is 0 Å². The topological polar surface area (TPSA) is 30.5 Å². The molecule has 3 nitrogen and oxygen atoms in total. The second kappa shape index (κ2) is 8.91. The van der Waals surface area contributed by atoms with Gasteiger partial charge in [-0.05, 0) is 48.0 Å². The third-order valence-corrected chi connectivity index (χ3v) is 3.51. The first kappa shape index (κ1) is 16.0. The highest BCUT2D eigenvalue weighted by molar-refractivity contribution is 9.11. The number of anilines is 1. The number of halogens is 2. The minimum atomic E-state index is -0.126. The fourth-order valence-electron chi connectivity index (χ4n) is 1.54. The summed E-state index contributed by atoms with van der Waals surface area (Å²) < 4.78 is 13.1. The van der Waals surface area contributed by atoms with E-state index in [9.17, 15) is 0 Å². The molecule has 0 aliphatic rings. The average Bonchev–Trinajstić information content (AvgIpc) is 2.34. The van der Waals surface area contributed by atoms with Gasteiger partial charge in [-0.25, -0.2) is 0 Å². The van der Waals surface area contributed by atoms with E-state index in [0.717, 1.165) is 27.6 Å². The van der Waals surface area contributed by atoms with E-state index in [4.69, 9.17) is 9.47 Å². The molecule has 0 aliphatic carbocycles. The summed E-state index contributed by atoms with van der Waals surface area (Å²) in [4.78, 5) is 0. The lowest BCUT2D eigenvalue weighted by Crippen LogP contribution is -2.21. The van der Waals surface area contributed by atoms with Crippen LogP contribution in [-0.2, 0) is 9.47 Å². The lowest BCUT2D eigenvalue weighted by Gasteiger charge is -2.17. The Morgan fingerprint density at radius 3 is 2.44 bits per heavy atom. The van der Waals surface area contributed by atoms with E-state index in [1.54, 1.807) is 0 Å². The van der Waals surface area contributed by atoms with Gasteiger partial charge >= 0.3 is 0 Å². The first-order valence-electron chi connectivity index (χ1n) is 6.09. The monoisotopic (exact) mass is 379 g/mol. The van der Waals surface area contributed by atoms with E-state index >= 15 is 0 Å². The van der Waals surface area contributed by atoms with Crippen molar-refractivity contribution in [3.05, 3.63) is 27.1 Å². The van der Waals surface area contributed by atoms with E-state index in [1.807, 2.05) is 32.0 Å². The van der Waals surface area contributed by atoms with Crippen molar-refractivity contribution in [3.63, 3.8) is 0 Å². The highest BCUT2D eigenvalue weighted by atomic mass is 79.9. The Balaban J connectivity index is 2.41. The number of ether oxygens (including phenoxy) is 2. The van der Waals surface area contributed by atoms with Crippen LogP contribution < -0.4 is 5.32 Å². The third kappa shape index (κ3) is 5.69. The van der Waals surface area contributed by atoms with E-state index in [1.165, 1.54) is 0 Å². The predicted molar refractivity (Wildman–Crippen MR) is 82.0 cm³/mol. The van der Waals surface area contributed by atoms with Gasteiger partial charge in [-0.1, -0.05) is 15.9 Å².